The number of methoxy groups -OCH3 is 3. The lowest BCUT2D eigenvalue weighted by atomic mass is 10.1. The van der Waals surface area contributed by atoms with E-state index < -0.39 is 0 Å². The van der Waals surface area contributed by atoms with Crippen molar-refractivity contribution >= 4 is 32.6 Å². The third-order valence-electron chi connectivity index (χ3n) is 4.77. The maximum atomic E-state index is 13.7. The number of para-hydroxylation sites is 1. The third kappa shape index (κ3) is 4.15. The van der Waals surface area contributed by atoms with E-state index in [0.29, 0.717) is 40.0 Å². The average Bonchev–Trinajstić information content (AvgIpc) is 3.26. The number of fused-ring (bicyclic) bond motifs is 1. The second-order valence-electron chi connectivity index (χ2n) is 6.62. The van der Waals surface area contributed by atoms with Crippen molar-refractivity contribution in [3.63, 3.8) is 0 Å². The summed E-state index contributed by atoms with van der Waals surface area (Å²) in [6.45, 7) is 0.301. The second-order valence-corrected chi connectivity index (χ2v) is 7.63. The van der Waals surface area contributed by atoms with E-state index in [4.69, 9.17) is 19.2 Å². The zero-order valence-electron chi connectivity index (χ0n) is 17.4. The summed E-state index contributed by atoms with van der Waals surface area (Å²) in [5.74, 6) is 1.43. The molecule has 4 aromatic rings. The molecule has 31 heavy (non-hydrogen) atoms. The molecule has 0 atom stereocenters. The topological polar surface area (TPSA) is 73.8 Å². The van der Waals surface area contributed by atoms with Gasteiger partial charge in [-0.05, 0) is 42.0 Å². The molecule has 0 aliphatic heterocycles. The van der Waals surface area contributed by atoms with Gasteiger partial charge in [-0.15, -0.1) is 0 Å². The molecule has 0 saturated heterocycles. The average molecular weight is 436 g/mol. The molecule has 4 rings (SSSR count). The zero-order valence-corrected chi connectivity index (χ0v) is 18.2. The fourth-order valence-electron chi connectivity index (χ4n) is 3.22. The standard InChI is InChI=1S/C23H21N3O4S/c1-28-16-9-10-18(29-2)17(12-16)22(27)26(14-15-6-5-11-24-13-15)23-25-21-19(30-3)7-4-8-20(21)31-23/h4-13H,14H2,1-3H3. The van der Waals surface area contributed by atoms with Gasteiger partial charge in [0.25, 0.3) is 5.91 Å². The predicted octanol–water partition coefficient (Wildman–Crippen LogP) is 4.56. The highest BCUT2D eigenvalue weighted by Crippen LogP contribution is 2.36. The van der Waals surface area contributed by atoms with Gasteiger partial charge in [-0.3, -0.25) is 14.7 Å². The minimum Gasteiger partial charge on any atom is -0.497 e. The van der Waals surface area contributed by atoms with Gasteiger partial charge in [-0.1, -0.05) is 23.5 Å². The van der Waals surface area contributed by atoms with Crippen molar-refractivity contribution < 1.29 is 19.0 Å². The largest absolute Gasteiger partial charge is 0.497 e. The number of thiazole rings is 1. The summed E-state index contributed by atoms with van der Waals surface area (Å²) in [5.41, 5.74) is 1.98. The number of benzene rings is 2. The first-order valence-electron chi connectivity index (χ1n) is 9.51. The molecule has 0 radical (unpaired) electrons. The van der Waals surface area contributed by atoms with Crippen molar-refractivity contribution in [2.24, 2.45) is 0 Å². The normalized spacial score (nSPS) is 10.7. The zero-order chi connectivity index (χ0) is 21.8. The molecule has 158 valence electrons. The van der Waals surface area contributed by atoms with Gasteiger partial charge in [0.1, 0.15) is 22.8 Å². The molecule has 7 nitrogen and oxygen atoms in total. The number of carbonyl (C=O) groups excluding carboxylic acids is 1. The van der Waals surface area contributed by atoms with E-state index in [-0.39, 0.29) is 5.91 Å². The Morgan fingerprint density at radius 3 is 2.55 bits per heavy atom. The van der Waals surface area contributed by atoms with Gasteiger partial charge in [-0.25, -0.2) is 4.98 Å². The maximum absolute atomic E-state index is 13.7. The number of ether oxygens (including phenoxy) is 3. The molecule has 0 fully saturated rings. The van der Waals surface area contributed by atoms with Crippen LogP contribution in [0, 0.1) is 0 Å². The van der Waals surface area contributed by atoms with Gasteiger partial charge >= 0.3 is 0 Å². The molecule has 8 heteroatoms. The first-order chi connectivity index (χ1) is 15.1. The first-order valence-corrected chi connectivity index (χ1v) is 10.3. The number of nitrogens with zero attached hydrogens (tertiary/aromatic N) is 3. The third-order valence-corrected chi connectivity index (χ3v) is 5.81. The summed E-state index contributed by atoms with van der Waals surface area (Å²) in [7, 11) is 4.70. The van der Waals surface area contributed by atoms with Crippen molar-refractivity contribution in [2.45, 2.75) is 6.54 Å². The lowest BCUT2D eigenvalue weighted by Gasteiger charge is -2.21. The molecule has 0 aliphatic rings. The second kappa shape index (κ2) is 9.01. The Morgan fingerprint density at radius 2 is 1.84 bits per heavy atom. The molecule has 0 bridgehead atoms. The molecule has 2 heterocycles. The van der Waals surface area contributed by atoms with Crippen molar-refractivity contribution in [3.05, 3.63) is 72.1 Å². The number of rotatable bonds is 7. The van der Waals surface area contributed by atoms with Crippen LogP contribution in [0.3, 0.4) is 0 Å². The summed E-state index contributed by atoms with van der Waals surface area (Å²) in [6.07, 6.45) is 3.43. The van der Waals surface area contributed by atoms with E-state index in [1.807, 2.05) is 30.3 Å². The van der Waals surface area contributed by atoms with Crippen molar-refractivity contribution in [1.29, 1.82) is 0 Å². The fourth-order valence-corrected chi connectivity index (χ4v) is 4.20. The SMILES string of the molecule is COc1ccc(OC)c(C(=O)N(Cc2cccnc2)c2nc3c(OC)cccc3s2)c1. The quantitative estimate of drug-likeness (QED) is 0.424. The molecular weight excluding hydrogens is 414 g/mol. The van der Waals surface area contributed by atoms with Crippen LogP contribution < -0.4 is 19.1 Å². The Bertz CT molecular complexity index is 1210. The monoisotopic (exact) mass is 435 g/mol. The van der Waals surface area contributed by atoms with E-state index in [1.54, 1.807) is 49.7 Å². The predicted molar refractivity (Wildman–Crippen MR) is 120 cm³/mol. The van der Waals surface area contributed by atoms with Gasteiger partial charge in [0.2, 0.25) is 0 Å². The highest BCUT2D eigenvalue weighted by molar-refractivity contribution is 7.22. The van der Waals surface area contributed by atoms with Crippen LogP contribution in [0.4, 0.5) is 5.13 Å². The van der Waals surface area contributed by atoms with Crippen LogP contribution in [0.2, 0.25) is 0 Å². The van der Waals surface area contributed by atoms with E-state index in [9.17, 15) is 4.79 Å². The van der Waals surface area contributed by atoms with Crippen molar-refractivity contribution in [3.8, 4) is 17.2 Å². The maximum Gasteiger partial charge on any atom is 0.264 e. The van der Waals surface area contributed by atoms with E-state index in [2.05, 4.69) is 4.98 Å². The molecule has 0 spiro atoms. The molecule has 0 saturated carbocycles. The van der Waals surface area contributed by atoms with Crippen LogP contribution in [-0.2, 0) is 6.54 Å². The Hall–Kier alpha value is -3.65. The lowest BCUT2D eigenvalue weighted by molar-refractivity contribution is 0.0981. The molecule has 0 unspecified atom stereocenters. The Morgan fingerprint density at radius 1 is 1.00 bits per heavy atom. The molecule has 0 aliphatic carbocycles. The summed E-state index contributed by atoms with van der Waals surface area (Å²) in [5, 5.41) is 0.554. The highest BCUT2D eigenvalue weighted by Gasteiger charge is 2.25. The highest BCUT2D eigenvalue weighted by atomic mass is 32.1. The van der Waals surface area contributed by atoms with Gasteiger partial charge in [-0.2, -0.15) is 0 Å². The number of aromatic nitrogens is 2. The van der Waals surface area contributed by atoms with Crippen LogP contribution in [0.25, 0.3) is 10.2 Å². The number of anilines is 1. The number of carbonyl (C=O) groups is 1. The van der Waals surface area contributed by atoms with E-state index >= 15 is 0 Å². The summed E-state index contributed by atoms with van der Waals surface area (Å²) < 4.78 is 17.1. The molecule has 2 aromatic heterocycles. The van der Waals surface area contributed by atoms with E-state index in [1.165, 1.54) is 18.4 Å². The Labute approximate surface area is 183 Å². The smallest absolute Gasteiger partial charge is 0.264 e. The van der Waals surface area contributed by atoms with Crippen LogP contribution in [-0.4, -0.2) is 37.2 Å². The fraction of sp³-hybridized carbons (Fsp3) is 0.174. The van der Waals surface area contributed by atoms with Crippen LogP contribution >= 0.6 is 11.3 Å². The van der Waals surface area contributed by atoms with Gasteiger partial charge in [0, 0.05) is 12.4 Å². The number of hydrogen-bond donors (Lipinski definition) is 0. The van der Waals surface area contributed by atoms with Gasteiger partial charge in [0.15, 0.2) is 5.13 Å². The number of hydrogen-bond acceptors (Lipinski definition) is 7. The summed E-state index contributed by atoms with van der Waals surface area (Å²) in [4.78, 5) is 24.3. The minimum atomic E-state index is -0.252. The number of amides is 1. The van der Waals surface area contributed by atoms with Crippen LogP contribution in [0.5, 0.6) is 17.2 Å². The van der Waals surface area contributed by atoms with Crippen LogP contribution in [0.1, 0.15) is 15.9 Å². The van der Waals surface area contributed by atoms with Crippen molar-refractivity contribution in [1.82, 2.24) is 9.97 Å². The van der Waals surface area contributed by atoms with Crippen molar-refractivity contribution in [2.75, 3.05) is 26.2 Å². The summed E-state index contributed by atoms with van der Waals surface area (Å²) >= 11 is 1.42. The molecule has 1 amide bonds. The van der Waals surface area contributed by atoms with Crippen LogP contribution in [0.15, 0.2) is 60.9 Å². The molecular formula is C23H21N3O4S. The van der Waals surface area contributed by atoms with Gasteiger partial charge < -0.3 is 14.2 Å². The first kappa shape index (κ1) is 20.6. The molecule has 2 aromatic carbocycles. The van der Waals surface area contributed by atoms with E-state index in [0.717, 1.165) is 10.3 Å². The molecule has 0 N–H and O–H groups in total. The van der Waals surface area contributed by atoms with Gasteiger partial charge in [0.05, 0.1) is 38.1 Å². The Balaban J connectivity index is 1.83. The lowest BCUT2D eigenvalue weighted by Crippen LogP contribution is -2.30. The minimum absolute atomic E-state index is 0.252. The summed E-state index contributed by atoms with van der Waals surface area (Å²) in [6, 6.07) is 14.6. The Kier molecular flexibility index (Phi) is 5.99. The number of pyridine rings is 1.